The summed E-state index contributed by atoms with van der Waals surface area (Å²) in [5.74, 6) is 0.513. The number of benzene rings is 1. The molecule has 0 saturated heterocycles. The Balaban J connectivity index is 2.39. The number of nitrogens with zero attached hydrogens (tertiary/aromatic N) is 3. The molecule has 2 aromatic rings. The van der Waals surface area contributed by atoms with Crippen LogP contribution in [0.4, 0.5) is 13.2 Å². The highest BCUT2D eigenvalue weighted by atomic mass is 19.4. The molecule has 0 unspecified atom stereocenters. The number of alkyl halides is 3. The second-order valence-corrected chi connectivity index (χ2v) is 4.39. The Labute approximate surface area is 114 Å². The summed E-state index contributed by atoms with van der Waals surface area (Å²) in [6, 6.07) is 7.05. The molecule has 108 valence electrons. The van der Waals surface area contributed by atoms with Crippen LogP contribution in [0.5, 0.6) is 0 Å². The molecule has 0 aliphatic rings. The molecule has 2 rings (SSSR count). The van der Waals surface area contributed by atoms with Gasteiger partial charge in [-0.2, -0.15) is 18.3 Å². The van der Waals surface area contributed by atoms with Crippen molar-refractivity contribution in [1.82, 2.24) is 14.8 Å². The van der Waals surface area contributed by atoms with Gasteiger partial charge in [-0.3, -0.25) is 0 Å². The van der Waals surface area contributed by atoms with Gasteiger partial charge in [0.15, 0.2) is 5.82 Å². The fourth-order valence-corrected chi connectivity index (χ4v) is 1.92. The third-order valence-corrected chi connectivity index (χ3v) is 2.60. The molecule has 20 heavy (non-hydrogen) atoms. The molecule has 1 heterocycles. The van der Waals surface area contributed by atoms with Crippen LogP contribution in [0, 0.1) is 6.92 Å². The van der Waals surface area contributed by atoms with E-state index in [0.717, 1.165) is 10.2 Å². The smallest absolute Gasteiger partial charge is 0.380 e. The predicted octanol–water partition coefficient (Wildman–Crippen LogP) is 2.96. The van der Waals surface area contributed by atoms with E-state index in [1.54, 1.807) is 32.2 Å². The zero-order chi connectivity index (χ0) is 14.8. The predicted molar refractivity (Wildman–Crippen MR) is 67.0 cm³/mol. The summed E-state index contributed by atoms with van der Waals surface area (Å²) < 4.78 is 43.5. The number of aromatic nitrogens is 3. The first-order valence-electron chi connectivity index (χ1n) is 5.95. The SMILES string of the molecule is COCc1cccc(-c2nc(C)nn2CC(F)(F)F)c1. The first-order valence-corrected chi connectivity index (χ1v) is 5.95. The first kappa shape index (κ1) is 14.5. The maximum absolute atomic E-state index is 12.5. The van der Waals surface area contributed by atoms with Crippen molar-refractivity contribution in [1.29, 1.82) is 0 Å². The van der Waals surface area contributed by atoms with Gasteiger partial charge in [0.2, 0.25) is 0 Å². The van der Waals surface area contributed by atoms with Crippen molar-refractivity contribution in [3.63, 3.8) is 0 Å². The number of halogens is 3. The number of rotatable bonds is 4. The Hall–Kier alpha value is -1.89. The molecule has 0 N–H and O–H groups in total. The lowest BCUT2D eigenvalue weighted by Crippen LogP contribution is -2.19. The highest BCUT2D eigenvalue weighted by molar-refractivity contribution is 5.56. The molecule has 0 radical (unpaired) electrons. The van der Waals surface area contributed by atoms with E-state index in [-0.39, 0.29) is 5.82 Å². The van der Waals surface area contributed by atoms with Gasteiger partial charge >= 0.3 is 6.18 Å². The minimum atomic E-state index is -4.33. The summed E-state index contributed by atoms with van der Waals surface area (Å²) in [6.45, 7) is 0.799. The molecule has 0 aliphatic heterocycles. The zero-order valence-electron chi connectivity index (χ0n) is 11.1. The van der Waals surface area contributed by atoms with Crippen molar-refractivity contribution in [2.75, 3.05) is 7.11 Å². The first-order chi connectivity index (χ1) is 9.39. The second-order valence-electron chi connectivity index (χ2n) is 4.39. The Morgan fingerprint density at radius 1 is 1.30 bits per heavy atom. The molecular weight excluding hydrogens is 271 g/mol. The van der Waals surface area contributed by atoms with E-state index < -0.39 is 12.7 Å². The second kappa shape index (κ2) is 5.62. The van der Waals surface area contributed by atoms with Gasteiger partial charge in [-0.25, -0.2) is 9.67 Å². The quantitative estimate of drug-likeness (QED) is 0.867. The number of methoxy groups -OCH3 is 1. The lowest BCUT2D eigenvalue weighted by molar-refractivity contribution is -0.142. The highest BCUT2D eigenvalue weighted by Crippen LogP contribution is 2.23. The Morgan fingerprint density at radius 3 is 2.70 bits per heavy atom. The number of aryl methyl sites for hydroxylation is 1. The van der Waals surface area contributed by atoms with Gasteiger partial charge in [0.25, 0.3) is 0 Å². The van der Waals surface area contributed by atoms with Crippen molar-refractivity contribution >= 4 is 0 Å². The van der Waals surface area contributed by atoms with Gasteiger partial charge in [0.05, 0.1) is 6.61 Å². The van der Waals surface area contributed by atoms with E-state index in [9.17, 15) is 13.2 Å². The van der Waals surface area contributed by atoms with Crippen LogP contribution >= 0.6 is 0 Å². The van der Waals surface area contributed by atoms with Crippen LogP contribution in [-0.2, 0) is 17.9 Å². The molecular formula is C13H14F3N3O. The molecule has 4 nitrogen and oxygen atoms in total. The molecule has 0 amide bonds. The standard InChI is InChI=1S/C13H14F3N3O/c1-9-17-12(19(18-9)8-13(14,15)16)11-5-3-4-10(6-11)7-20-2/h3-6H,7-8H2,1-2H3. The molecule has 0 aliphatic carbocycles. The molecule has 0 spiro atoms. The largest absolute Gasteiger partial charge is 0.408 e. The van der Waals surface area contributed by atoms with Gasteiger partial charge in [-0.1, -0.05) is 18.2 Å². The van der Waals surface area contributed by atoms with Crippen LogP contribution in [0.3, 0.4) is 0 Å². The van der Waals surface area contributed by atoms with Crippen LogP contribution in [0.2, 0.25) is 0 Å². The van der Waals surface area contributed by atoms with Crippen LogP contribution in [-0.4, -0.2) is 28.1 Å². The van der Waals surface area contributed by atoms with E-state index in [4.69, 9.17) is 4.74 Å². The molecule has 1 aromatic carbocycles. The normalized spacial score (nSPS) is 11.8. The van der Waals surface area contributed by atoms with Gasteiger partial charge < -0.3 is 4.74 Å². The summed E-state index contributed by atoms with van der Waals surface area (Å²) in [5.41, 5.74) is 1.45. The minimum absolute atomic E-state index is 0.206. The van der Waals surface area contributed by atoms with E-state index >= 15 is 0 Å². The number of hydrogen-bond acceptors (Lipinski definition) is 3. The fourth-order valence-electron chi connectivity index (χ4n) is 1.92. The van der Waals surface area contributed by atoms with E-state index in [1.807, 2.05) is 6.07 Å². The van der Waals surface area contributed by atoms with Gasteiger partial charge in [0.1, 0.15) is 12.4 Å². The molecule has 1 aromatic heterocycles. The Kier molecular flexibility index (Phi) is 4.08. The van der Waals surface area contributed by atoms with Crippen molar-refractivity contribution in [2.45, 2.75) is 26.3 Å². The molecule has 0 bridgehead atoms. The fraction of sp³-hybridized carbons (Fsp3) is 0.385. The topological polar surface area (TPSA) is 39.9 Å². The maximum Gasteiger partial charge on any atom is 0.408 e. The highest BCUT2D eigenvalue weighted by Gasteiger charge is 2.30. The minimum Gasteiger partial charge on any atom is -0.380 e. The summed E-state index contributed by atoms with van der Waals surface area (Å²) >= 11 is 0. The average Bonchev–Trinajstić information content (AvgIpc) is 2.68. The Morgan fingerprint density at radius 2 is 2.05 bits per heavy atom. The third kappa shape index (κ3) is 3.57. The van der Waals surface area contributed by atoms with E-state index in [1.165, 1.54) is 0 Å². The summed E-state index contributed by atoms with van der Waals surface area (Å²) in [6.07, 6.45) is -4.33. The lowest BCUT2D eigenvalue weighted by Gasteiger charge is -2.09. The van der Waals surface area contributed by atoms with Crippen molar-refractivity contribution in [2.24, 2.45) is 0 Å². The van der Waals surface area contributed by atoms with Gasteiger partial charge in [0, 0.05) is 12.7 Å². The van der Waals surface area contributed by atoms with Crippen molar-refractivity contribution in [3.8, 4) is 11.4 Å². The maximum atomic E-state index is 12.5. The molecule has 7 heteroatoms. The van der Waals surface area contributed by atoms with Crippen LogP contribution in [0.25, 0.3) is 11.4 Å². The van der Waals surface area contributed by atoms with E-state index in [0.29, 0.717) is 18.0 Å². The van der Waals surface area contributed by atoms with Gasteiger partial charge in [-0.15, -0.1) is 0 Å². The average molecular weight is 285 g/mol. The zero-order valence-corrected chi connectivity index (χ0v) is 11.1. The number of hydrogen-bond donors (Lipinski definition) is 0. The van der Waals surface area contributed by atoms with Crippen LogP contribution < -0.4 is 0 Å². The van der Waals surface area contributed by atoms with Crippen LogP contribution in [0.1, 0.15) is 11.4 Å². The Bertz CT molecular complexity index is 593. The van der Waals surface area contributed by atoms with Crippen LogP contribution in [0.15, 0.2) is 24.3 Å². The number of ether oxygens (including phenoxy) is 1. The molecule has 0 fully saturated rings. The summed E-state index contributed by atoms with van der Waals surface area (Å²) in [7, 11) is 1.56. The van der Waals surface area contributed by atoms with Gasteiger partial charge in [-0.05, 0) is 18.6 Å². The summed E-state index contributed by atoms with van der Waals surface area (Å²) in [5, 5.41) is 3.80. The van der Waals surface area contributed by atoms with E-state index in [2.05, 4.69) is 10.1 Å². The molecule has 0 saturated carbocycles. The lowest BCUT2D eigenvalue weighted by atomic mass is 10.1. The summed E-state index contributed by atoms with van der Waals surface area (Å²) in [4.78, 5) is 4.08. The monoisotopic (exact) mass is 285 g/mol. The van der Waals surface area contributed by atoms with Crippen molar-refractivity contribution < 1.29 is 17.9 Å². The van der Waals surface area contributed by atoms with Crippen molar-refractivity contribution in [3.05, 3.63) is 35.7 Å². The molecule has 0 atom stereocenters. The third-order valence-electron chi connectivity index (χ3n) is 2.60.